The maximum Gasteiger partial charge on any atom is 0.338 e. The Labute approximate surface area is 193 Å². The van der Waals surface area contributed by atoms with E-state index in [0.29, 0.717) is 29.1 Å². The Morgan fingerprint density at radius 2 is 1.58 bits per heavy atom. The average molecular weight is 446 g/mol. The number of nitrogens with zero attached hydrogens (tertiary/aromatic N) is 1. The maximum absolute atomic E-state index is 12.8. The van der Waals surface area contributed by atoms with Crippen LogP contribution in [0.1, 0.15) is 34.1 Å². The van der Waals surface area contributed by atoms with Gasteiger partial charge in [-0.3, -0.25) is 9.59 Å². The fourth-order valence-corrected chi connectivity index (χ4v) is 3.08. The van der Waals surface area contributed by atoms with Crippen LogP contribution in [0.2, 0.25) is 0 Å². The summed E-state index contributed by atoms with van der Waals surface area (Å²) < 4.78 is 5.09. The van der Waals surface area contributed by atoms with Crippen molar-refractivity contribution in [3.8, 4) is 0 Å². The number of hydrogen-bond donors (Lipinski definition) is 2. The van der Waals surface area contributed by atoms with Gasteiger partial charge in [-0.2, -0.15) is 0 Å². The van der Waals surface area contributed by atoms with E-state index in [0.717, 1.165) is 12.1 Å². The lowest BCUT2D eigenvalue weighted by molar-refractivity contribution is -0.114. The second-order valence-corrected chi connectivity index (χ2v) is 7.40. The van der Waals surface area contributed by atoms with Crippen molar-refractivity contribution in [2.75, 3.05) is 35.7 Å². The van der Waals surface area contributed by atoms with Crippen molar-refractivity contribution in [3.63, 3.8) is 0 Å². The summed E-state index contributed by atoms with van der Waals surface area (Å²) in [5.74, 6) is -0.787. The minimum absolute atomic E-state index is 0.0203. The van der Waals surface area contributed by atoms with Gasteiger partial charge in [0.25, 0.3) is 5.91 Å². The third-order valence-electron chi connectivity index (χ3n) is 4.85. The third kappa shape index (κ3) is 6.67. The van der Waals surface area contributed by atoms with Crippen LogP contribution in [0.25, 0.3) is 0 Å². The fourth-order valence-electron chi connectivity index (χ4n) is 3.08. The molecule has 0 radical (unpaired) electrons. The van der Waals surface area contributed by atoms with Crippen molar-refractivity contribution in [1.82, 2.24) is 0 Å². The summed E-state index contributed by atoms with van der Waals surface area (Å²) in [6, 6.07) is 22.9. The smallest absolute Gasteiger partial charge is 0.338 e. The van der Waals surface area contributed by atoms with Gasteiger partial charge in [0.05, 0.1) is 18.7 Å². The lowest BCUT2D eigenvalue weighted by atomic mass is 10.1. The van der Waals surface area contributed by atoms with Crippen molar-refractivity contribution in [1.29, 1.82) is 0 Å². The summed E-state index contributed by atoms with van der Waals surface area (Å²) in [5.41, 5.74) is 2.97. The Morgan fingerprint density at radius 1 is 0.848 bits per heavy atom. The number of benzene rings is 3. The predicted octanol–water partition coefficient (Wildman–Crippen LogP) is 4.58. The van der Waals surface area contributed by atoms with Crippen molar-refractivity contribution in [3.05, 3.63) is 90.0 Å². The van der Waals surface area contributed by atoms with Crippen LogP contribution in [0.4, 0.5) is 17.1 Å². The van der Waals surface area contributed by atoms with Crippen LogP contribution in [-0.2, 0) is 9.53 Å². The number of nitrogens with one attached hydrogen (secondary N) is 2. The van der Waals surface area contributed by atoms with Gasteiger partial charge in [-0.1, -0.05) is 31.2 Å². The quantitative estimate of drug-likeness (QED) is 0.471. The molecular weight excluding hydrogens is 418 g/mol. The van der Waals surface area contributed by atoms with Crippen LogP contribution in [0.3, 0.4) is 0 Å². The number of rotatable bonds is 9. The van der Waals surface area contributed by atoms with E-state index < -0.39 is 0 Å². The molecule has 0 bridgehead atoms. The molecule has 2 amide bonds. The molecule has 0 aliphatic rings. The number of esters is 1. The van der Waals surface area contributed by atoms with Gasteiger partial charge in [0.15, 0.2) is 0 Å². The number of para-hydroxylation sites is 1. The molecule has 0 unspecified atom stereocenters. The molecule has 3 aromatic carbocycles. The summed E-state index contributed by atoms with van der Waals surface area (Å²) in [6.07, 6.45) is 0.758. The van der Waals surface area contributed by atoms with Crippen LogP contribution in [-0.4, -0.2) is 38.0 Å². The van der Waals surface area contributed by atoms with Crippen LogP contribution in [0.5, 0.6) is 0 Å². The van der Waals surface area contributed by atoms with Crippen LogP contribution in [0.15, 0.2) is 78.9 Å². The minimum atomic E-state index is -0.385. The molecule has 0 saturated heterocycles. The number of hydrogen-bond acceptors (Lipinski definition) is 5. The maximum atomic E-state index is 12.8. The number of amides is 2. The minimum Gasteiger partial charge on any atom is -0.462 e. The van der Waals surface area contributed by atoms with Gasteiger partial charge < -0.3 is 20.3 Å². The van der Waals surface area contributed by atoms with Gasteiger partial charge in [-0.05, 0) is 61.0 Å². The zero-order valence-corrected chi connectivity index (χ0v) is 18.7. The second-order valence-electron chi connectivity index (χ2n) is 7.40. The largest absolute Gasteiger partial charge is 0.462 e. The van der Waals surface area contributed by atoms with Gasteiger partial charge in [0, 0.05) is 29.7 Å². The van der Waals surface area contributed by atoms with E-state index in [9.17, 15) is 14.4 Å². The number of ether oxygens (including phenoxy) is 1. The molecule has 0 aliphatic heterocycles. The van der Waals surface area contributed by atoms with E-state index in [1.165, 1.54) is 0 Å². The van der Waals surface area contributed by atoms with Crippen molar-refractivity contribution < 1.29 is 19.1 Å². The van der Waals surface area contributed by atoms with Crippen LogP contribution in [0, 0.1) is 0 Å². The van der Waals surface area contributed by atoms with E-state index >= 15 is 0 Å². The van der Waals surface area contributed by atoms with Crippen LogP contribution >= 0.6 is 0 Å². The van der Waals surface area contributed by atoms with E-state index in [4.69, 9.17) is 4.74 Å². The van der Waals surface area contributed by atoms with E-state index in [1.54, 1.807) is 60.5 Å². The zero-order chi connectivity index (χ0) is 23.6. The molecule has 3 aromatic rings. The SMILES string of the molecule is CCCOC(=O)c1ccc(NC(=O)CNc2cccc(C(=O)N(C)c3ccccc3)c2)cc1. The molecule has 2 N–H and O–H groups in total. The Balaban J connectivity index is 1.54. The van der Waals surface area contributed by atoms with E-state index in [2.05, 4.69) is 10.6 Å². The number of carbonyl (C=O) groups is 3. The monoisotopic (exact) mass is 445 g/mol. The van der Waals surface area contributed by atoms with Crippen molar-refractivity contribution >= 4 is 34.8 Å². The molecule has 3 rings (SSSR count). The highest BCUT2D eigenvalue weighted by Crippen LogP contribution is 2.17. The van der Waals surface area contributed by atoms with Crippen LogP contribution < -0.4 is 15.5 Å². The first kappa shape index (κ1) is 23.5. The molecule has 0 saturated carbocycles. The molecule has 7 heteroatoms. The number of anilines is 3. The first-order valence-corrected chi connectivity index (χ1v) is 10.7. The van der Waals surface area contributed by atoms with Gasteiger partial charge >= 0.3 is 5.97 Å². The Kier molecular flexibility index (Phi) is 8.18. The molecule has 170 valence electrons. The lowest BCUT2D eigenvalue weighted by Gasteiger charge is -2.18. The Bertz CT molecular complexity index is 1100. The average Bonchev–Trinajstić information content (AvgIpc) is 2.86. The summed E-state index contributed by atoms with van der Waals surface area (Å²) in [7, 11) is 1.72. The number of carbonyl (C=O) groups excluding carboxylic acids is 3. The predicted molar refractivity (Wildman–Crippen MR) is 130 cm³/mol. The van der Waals surface area contributed by atoms with Gasteiger partial charge in [0.2, 0.25) is 5.91 Å². The van der Waals surface area contributed by atoms with Crippen molar-refractivity contribution in [2.45, 2.75) is 13.3 Å². The van der Waals surface area contributed by atoms with Gasteiger partial charge in [-0.15, -0.1) is 0 Å². The Hall–Kier alpha value is -4.13. The molecule has 0 aliphatic carbocycles. The molecular formula is C26H27N3O4. The summed E-state index contributed by atoms with van der Waals surface area (Å²) >= 11 is 0. The normalized spacial score (nSPS) is 10.2. The topological polar surface area (TPSA) is 87.7 Å². The molecule has 0 aromatic heterocycles. The van der Waals surface area contributed by atoms with Gasteiger partial charge in [-0.25, -0.2) is 4.79 Å². The highest BCUT2D eigenvalue weighted by molar-refractivity contribution is 6.06. The first-order chi connectivity index (χ1) is 16.0. The molecule has 0 heterocycles. The lowest BCUT2D eigenvalue weighted by Crippen LogP contribution is -2.26. The zero-order valence-electron chi connectivity index (χ0n) is 18.7. The summed E-state index contributed by atoms with van der Waals surface area (Å²) in [6.45, 7) is 2.32. The molecule has 0 spiro atoms. The molecule has 0 fully saturated rings. The highest BCUT2D eigenvalue weighted by atomic mass is 16.5. The van der Waals surface area contributed by atoms with Gasteiger partial charge in [0.1, 0.15) is 0 Å². The Morgan fingerprint density at radius 3 is 2.27 bits per heavy atom. The first-order valence-electron chi connectivity index (χ1n) is 10.7. The second kappa shape index (κ2) is 11.5. The molecule has 33 heavy (non-hydrogen) atoms. The van der Waals surface area contributed by atoms with E-state index in [-0.39, 0.29) is 24.3 Å². The molecule has 7 nitrogen and oxygen atoms in total. The van der Waals surface area contributed by atoms with E-state index in [1.807, 2.05) is 37.3 Å². The standard InChI is InChI=1S/C26H27N3O4/c1-3-16-33-26(32)19-12-14-21(15-13-19)28-24(30)18-27-22-9-7-8-20(17-22)25(31)29(2)23-10-5-4-6-11-23/h4-15,17,27H,3,16,18H2,1-2H3,(H,28,30). The highest BCUT2D eigenvalue weighted by Gasteiger charge is 2.14. The third-order valence-corrected chi connectivity index (χ3v) is 4.85. The van der Waals surface area contributed by atoms with Crippen molar-refractivity contribution in [2.24, 2.45) is 0 Å². The summed E-state index contributed by atoms with van der Waals surface area (Å²) in [5, 5.41) is 5.80. The molecule has 0 atom stereocenters. The fraction of sp³-hybridized carbons (Fsp3) is 0.192. The summed E-state index contributed by atoms with van der Waals surface area (Å²) in [4.78, 5) is 38.5.